The molecule has 0 bridgehead atoms. The second-order valence-corrected chi connectivity index (χ2v) is 6.56. The number of carbonyl (C=O) groups is 1. The van der Waals surface area contributed by atoms with Gasteiger partial charge in [-0.1, -0.05) is 0 Å². The number of nitrogens with one attached hydrogen (secondary N) is 2. The normalized spacial score (nSPS) is 19.8. The van der Waals surface area contributed by atoms with Crippen molar-refractivity contribution < 1.29 is 17.9 Å². The van der Waals surface area contributed by atoms with Crippen molar-refractivity contribution in [2.75, 3.05) is 40.3 Å². The maximum atomic E-state index is 11.9. The Balaban J connectivity index is 2.26. The molecule has 0 spiro atoms. The quantitative estimate of drug-likeness (QED) is 0.579. The van der Waals surface area contributed by atoms with Crippen LogP contribution in [-0.4, -0.2) is 59.0 Å². The lowest BCUT2D eigenvalue weighted by Crippen LogP contribution is -2.40. The summed E-state index contributed by atoms with van der Waals surface area (Å²) in [7, 11) is -0.771. The lowest BCUT2D eigenvalue weighted by Gasteiger charge is -2.17. The summed E-state index contributed by atoms with van der Waals surface area (Å²) in [4.78, 5) is 11.0. The molecule has 1 heterocycles. The van der Waals surface area contributed by atoms with Gasteiger partial charge in [-0.2, -0.15) is 12.7 Å². The Kier molecular flexibility index (Phi) is 6.70. The zero-order valence-corrected chi connectivity index (χ0v) is 12.3. The molecular weight excluding hydrogens is 270 g/mol. The number of ether oxygens (including phenoxy) is 1. The molecule has 1 atom stereocenters. The minimum absolute atomic E-state index is 0.0560. The Hall–Kier alpha value is -0.700. The first kappa shape index (κ1) is 16.4. The first-order valence-corrected chi connectivity index (χ1v) is 7.88. The molecule has 1 fully saturated rings. The van der Waals surface area contributed by atoms with Gasteiger partial charge in [0.05, 0.1) is 13.5 Å². The van der Waals surface area contributed by atoms with E-state index in [1.54, 1.807) is 0 Å². The molecule has 0 radical (unpaired) electrons. The van der Waals surface area contributed by atoms with Gasteiger partial charge in [-0.25, -0.2) is 4.72 Å². The smallest absolute Gasteiger partial charge is 0.306 e. The van der Waals surface area contributed by atoms with Gasteiger partial charge >= 0.3 is 5.97 Å². The van der Waals surface area contributed by atoms with Crippen molar-refractivity contribution in [1.82, 2.24) is 14.3 Å². The predicted octanol–water partition coefficient (Wildman–Crippen LogP) is -0.685. The van der Waals surface area contributed by atoms with Crippen LogP contribution in [0.25, 0.3) is 0 Å². The topological polar surface area (TPSA) is 87.7 Å². The highest BCUT2D eigenvalue weighted by atomic mass is 32.2. The van der Waals surface area contributed by atoms with E-state index in [1.807, 2.05) is 0 Å². The molecule has 112 valence electrons. The predicted molar refractivity (Wildman–Crippen MR) is 71.8 cm³/mol. The van der Waals surface area contributed by atoms with E-state index in [2.05, 4.69) is 14.8 Å². The molecule has 1 aliphatic heterocycles. The van der Waals surface area contributed by atoms with Crippen LogP contribution in [0, 0.1) is 5.92 Å². The second-order valence-electron chi connectivity index (χ2n) is 4.69. The molecule has 7 nitrogen and oxygen atoms in total. The number of hydrogen-bond donors (Lipinski definition) is 2. The van der Waals surface area contributed by atoms with Crippen LogP contribution in [0.15, 0.2) is 0 Å². The van der Waals surface area contributed by atoms with Crippen molar-refractivity contribution in [2.24, 2.45) is 5.92 Å². The Bertz CT molecular complexity index is 379. The fraction of sp³-hybridized carbons (Fsp3) is 0.909. The van der Waals surface area contributed by atoms with Crippen molar-refractivity contribution in [1.29, 1.82) is 0 Å². The van der Waals surface area contributed by atoms with Crippen molar-refractivity contribution >= 4 is 16.2 Å². The molecule has 1 rings (SSSR count). The van der Waals surface area contributed by atoms with Gasteiger partial charge in [0.2, 0.25) is 0 Å². The number of rotatable bonds is 8. The fourth-order valence-corrected chi connectivity index (χ4v) is 2.86. The average Bonchev–Trinajstić information content (AvgIpc) is 2.88. The zero-order valence-electron chi connectivity index (χ0n) is 11.5. The molecule has 0 amide bonds. The summed E-state index contributed by atoms with van der Waals surface area (Å²) in [6, 6.07) is 0. The van der Waals surface area contributed by atoms with Gasteiger partial charge in [-0.05, 0) is 31.8 Å². The van der Waals surface area contributed by atoms with E-state index in [-0.39, 0.29) is 13.0 Å². The second kappa shape index (κ2) is 7.78. The summed E-state index contributed by atoms with van der Waals surface area (Å²) in [5, 5.41) is 3.24. The number of hydrogen-bond acceptors (Lipinski definition) is 5. The Morgan fingerprint density at radius 3 is 2.84 bits per heavy atom. The van der Waals surface area contributed by atoms with E-state index >= 15 is 0 Å². The molecular formula is C11H23N3O4S. The minimum atomic E-state index is -3.50. The number of nitrogens with zero attached hydrogens (tertiary/aromatic N) is 1. The van der Waals surface area contributed by atoms with Crippen molar-refractivity contribution in [3.8, 4) is 0 Å². The third kappa shape index (κ3) is 5.85. The van der Waals surface area contributed by atoms with Gasteiger partial charge in [-0.15, -0.1) is 0 Å². The van der Waals surface area contributed by atoms with Gasteiger partial charge in [0, 0.05) is 20.1 Å². The highest BCUT2D eigenvalue weighted by molar-refractivity contribution is 7.87. The lowest BCUT2D eigenvalue weighted by molar-refractivity contribution is -0.140. The maximum absolute atomic E-state index is 11.9. The van der Waals surface area contributed by atoms with Crippen LogP contribution in [0.4, 0.5) is 0 Å². The van der Waals surface area contributed by atoms with E-state index in [9.17, 15) is 13.2 Å². The van der Waals surface area contributed by atoms with Crippen LogP contribution in [0.3, 0.4) is 0 Å². The van der Waals surface area contributed by atoms with Crippen LogP contribution in [0.1, 0.15) is 19.3 Å². The number of esters is 1. The molecule has 1 saturated heterocycles. The standard InChI is InChI=1S/C11H23N3O4S/c1-14(8-5-11(15)18-2)19(16,17)13-7-4-10-3-6-12-9-10/h10,12-13H,3-9H2,1-2H3. The monoisotopic (exact) mass is 293 g/mol. The minimum Gasteiger partial charge on any atom is -0.469 e. The van der Waals surface area contributed by atoms with Crippen LogP contribution in [0.5, 0.6) is 0 Å². The molecule has 19 heavy (non-hydrogen) atoms. The van der Waals surface area contributed by atoms with Gasteiger partial charge in [-0.3, -0.25) is 4.79 Å². The Labute approximate surface area is 114 Å². The van der Waals surface area contributed by atoms with E-state index in [0.29, 0.717) is 12.5 Å². The highest BCUT2D eigenvalue weighted by Crippen LogP contribution is 2.11. The first-order chi connectivity index (χ1) is 8.95. The Morgan fingerprint density at radius 1 is 1.53 bits per heavy atom. The molecule has 1 aliphatic rings. The summed E-state index contributed by atoms with van der Waals surface area (Å²) >= 11 is 0. The SMILES string of the molecule is COC(=O)CCN(C)S(=O)(=O)NCCC1CCNC1. The van der Waals surface area contributed by atoms with Crippen molar-refractivity contribution in [2.45, 2.75) is 19.3 Å². The number of methoxy groups -OCH3 is 1. The van der Waals surface area contributed by atoms with E-state index < -0.39 is 16.2 Å². The molecule has 0 aromatic heterocycles. The molecule has 0 aliphatic carbocycles. The lowest BCUT2D eigenvalue weighted by atomic mass is 10.1. The molecule has 2 N–H and O–H groups in total. The Morgan fingerprint density at radius 2 is 2.26 bits per heavy atom. The summed E-state index contributed by atoms with van der Waals surface area (Å²) in [5.74, 6) is 0.127. The van der Waals surface area contributed by atoms with Crippen LogP contribution < -0.4 is 10.0 Å². The summed E-state index contributed by atoms with van der Waals surface area (Å²) in [5.41, 5.74) is 0. The summed E-state index contributed by atoms with van der Waals surface area (Å²) < 4.78 is 31.9. The molecule has 0 aromatic rings. The summed E-state index contributed by atoms with van der Waals surface area (Å²) in [6.45, 7) is 2.51. The third-order valence-corrected chi connectivity index (χ3v) is 4.84. The molecule has 8 heteroatoms. The van der Waals surface area contributed by atoms with Gasteiger partial charge in [0.1, 0.15) is 0 Å². The van der Waals surface area contributed by atoms with E-state index in [0.717, 1.165) is 30.2 Å². The first-order valence-electron chi connectivity index (χ1n) is 6.44. The van der Waals surface area contributed by atoms with E-state index in [4.69, 9.17) is 0 Å². The molecule has 0 aromatic carbocycles. The molecule has 1 unspecified atom stereocenters. The van der Waals surface area contributed by atoms with Crippen LogP contribution in [0.2, 0.25) is 0 Å². The van der Waals surface area contributed by atoms with Crippen LogP contribution >= 0.6 is 0 Å². The fourth-order valence-electron chi connectivity index (χ4n) is 1.93. The van der Waals surface area contributed by atoms with Gasteiger partial charge in [0.25, 0.3) is 10.2 Å². The van der Waals surface area contributed by atoms with E-state index in [1.165, 1.54) is 14.2 Å². The average molecular weight is 293 g/mol. The van der Waals surface area contributed by atoms with Gasteiger partial charge in [0.15, 0.2) is 0 Å². The van der Waals surface area contributed by atoms with Crippen molar-refractivity contribution in [3.05, 3.63) is 0 Å². The zero-order chi connectivity index (χ0) is 14.3. The number of carbonyl (C=O) groups excluding carboxylic acids is 1. The summed E-state index contributed by atoms with van der Waals surface area (Å²) in [6.07, 6.45) is 1.98. The molecule has 0 saturated carbocycles. The van der Waals surface area contributed by atoms with Gasteiger partial charge < -0.3 is 10.1 Å². The maximum Gasteiger partial charge on any atom is 0.306 e. The van der Waals surface area contributed by atoms with Crippen LogP contribution in [-0.2, 0) is 19.7 Å². The largest absolute Gasteiger partial charge is 0.469 e. The third-order valence-electron chi connectivity index (χ3n) is 3.27. The highest BCUT2D eigenvalue weighted by Gasteiger charge is 2.20. The van der Waals surface area contributed by atoms with Crippen molar-refractivity contribution in [3.63, 3.8) is 0 Å².